The average molecular weight is 972 g/mol. The molecule has 74 heavy (non-hydrogen) atoms. The van der Waals surface area contributed by atoms with Gasteiger partial charge in [0.15, 0.2) is 0 Å². The molecule has 2 aliphatic rings. The molecule has 0 unspecified atom stereocenters. The summed E-state index contributed by atoms with van der Waals surface area (Å²) >= 11 is 0. The monoisotopic (exact) mass is 972 g/mol. The van der Waals surface area contributed by atoms with Gasteiger partial charge in [-0.2, -0.15) is 0 Å². The largest absolute Gasteiger partial charge is 0.354 e. The van der Waals surface area contributed by atoms with Gasteiger partial charge in [-0.1, -0.05) is 182 Å². The predicted octanol–water partition coefficient (Wildman–Crippen LogP) is 18.6. The van der Waals surface area contributed by atoms with Gasteiger partial charge in [0.05, 0.1) is 44.9 Å². The highest BCUT2D eigenvalue weighted by molar-refractivity contribution is 5.86. The van der Waals surface area contributed by atoms with Crippen LogP contribution in [0.25, 0.3) is 46.4 Å². The maximum absolute atomic E-state index is 5.44. The van der Waals surface area contributed by atoms with E-state index in [0.29, 0.717) is 0 Å². The van der Waals surface area contributed by atoms with Crippen molar-refractivity contribution in [1.29, 1.82) is 0 Å². The first kappa shape index (κ1) is 51.3. The topological polar surface area (TPSA) is 60.6 Å². The number of unbranched alkanes of at least 4 members (excludes halogenated alkanes) is 14. The second-order valence-electron chi connectivity index (χ2n) is 20.1. The zero-order valence-corrected chi connectivity index (χ0v) is 44.1. The van der Waals surface area contributed by atoms with Crippen molar-refractivity contribution in [2.45, 2.75) is 136 Å². The van der Waals surface area contributed by atoms with Crippen LogP contribution in [0, 0.1) is 30.6 Å². The molecule has 5 nitrogen and oxygen atoms in total. The molecule has 4 aromatic carbocycles. The van der Waals surface area contributed by atoms with Crippen molar-refractivity contribution in [3.63, 3.8) is 0 Å². The maximum Gasteiger partial charge on any atom is 0.0816 e. The van der Waals surface area contributed by atoms with Gasteiger partial charge in [0, 0.05) is 50.3 Å². The fourth-order valence-electron chi connectivity index (χ4n) is 10.2. The van der Waals surface area contributed by atoms with Crippen LogP contribution in [0.1, 0.15) is 178 Å². The molecule has 0 spiro atoms. The minimum absolute atomic E-state index is 0.846. The molecule has 374 valence electrons. The molecule has 0 atom stereocenters. The molecule has 0 fully saturated rings. The zero-order valence-electron chi connectivity index (χ0n) is 44.1. The lowest BCUT2D eigenvalue weighted by Gasteiger charge is -2.25. The number of H-pyrrole nitrogens is 2. The van der Waals surface area contributed by atoms with Crippen LogP contribution in [0.4, 0.5) is 17.1 Å². The summed E-state index contributed by atoms with van der Waals surface area (Å²) in [6.45, 7) is 6.68. The molecule has 2 aliphatic heterocycles. The number of aromatic amines is 2. The second-order valence-corrected chi connectivity index (χ2v) is 20.1. The summed E-state index contributed by atoms with van der Waals surface area (Å²) in [5.41, 5.74) is 18.3. The Kier molecular flexibility index (Phi) is 18.3. The van der Waals surface area contributed by atoms with E-state index < -0.39 is 0 Å². The van der Waals surface area contributed by atoms with Crippen LogP contribution in [-0.2, 0) is 12.8 Å². The number of para-hydroxylation sites is 2. The van der Waals surface area contributed by atoms with Crippen LogP contribution >= 0.6 is 0 Å². The first-order chi connectivity index (χ1) is 36.5. The normalized spacial score (nSPS) is 11.6. The molecule has 2 N–H and O–H groups in total. The van der Waals surface area contributed by atoms with E-state index in [1.54, 1.807) is 0 Å². The van der Waals surface area contributed by atoms with E-state index in [1.165, 1.54) is 107 Å². The number of nitrogens with zero attached hydrogens (tertiary/aromatic N) is 3. The Hall–Kier alpha value is -7.60. The third kappa shape index (κ3) is 13.5. The van der Waals surface area contributed by atoms with E-state index in [4.69, 9.17) is 9.97 Å². The highest BCUT2D eigenvalue weighted by atomic mass is 15.1. The van der Waals surface area contributed by atoms with E-state index in [9.17, 15) is 0 Å². The maximum atomic E-state index is 5.44. The van der Waals surface area contributed by atoms with Crippen molar-refractivity contribution in [3.05, 3.63) is 195 Å². The van der Waals surface area contributed by atoms with Crippen molar-refractivity contribution < 1.29 is 0 Å². The van der Waals surface area contributed by atoms with Gasteiger partial charge in [-0.3, -0.25) is 0 Å². The summed E-state index contributed by atoms with van der Waals surface area (Å²) in [5.74, 6) is 14.4. The number of fused-ring (bicyclic) bond motifs is 8. The highest BCUT2D eigenvalue weighted by Gasteiger charge is 2.17. The Balaban J connectivity index is 1.17. The molecule has 5 heterocycles. The number of nitrogens with one attached hydrogen (secondary N) is 2. The first-order valence-corrected chi connectivity index (χ1v) is 27.8. The molecule has 3 aromatic heterocycles. The molecule has 0 saturated carbocycles. The van der Waals surface area contributed by atoms with E-state index >= 15 is 0 Å². The van der Waals surface area contributed by atoms with Crippen molar-refractivity contribution in [2.75, 3.05) is 4.90 Å². The number of hydrogen-bond acceptors (Lipinski definition) is 3. The van der Waals surface area contributed by atoms with E-state index in [-0.39, 0.29) is 0 Å². The fraction of sp³-hybridized carbons (Fsp3) is 0.304. The molecule has 0 aliphatic carbocycles. The van der Waals surface area contributed by atoms with Gasteiger partial charge >= 0.3 is 0 Å². The number of benzene rings is 4. The van der Waals surface area contributed by atoms with Gasteiger partial charge in [-0.05, 0) is 142 Å². The van der Waals surface area contributed by atoms with Gasteiger partial charge in [0.2, 0.25) is 0 Å². The molecular weight excluding hydrogens is 899 g/mol. The van der Waals surface area contributed by atoms with Gasteiger partial charge in [0.1, 0.15) is 0 Å². The Morgan fingerprint density at radius 1 is 0.365 bits per heavy atom. The summed E-state index contributed by atoms with van der Waals surface area (Å²) in [6, 6.07) is 47.0. The minimum Gasteiger partial charge on any atom is -0.354 e. The lowest BCUT2D eigenvalue weighted by atomic mass is 10.0. The first-order valence-electron chi connectivity index (χ1n) is 27.8. The van der Waals surface area contributed by atoms with Crippen LogP contribution < -0.4 is 4.90 Å². The number of aromatic nitrogens is 4. The minimum atomic E-state index is 0.846. The molecular formula is C69H73N5. The van der Waals surface area contributed by atoms with Crippen molar-refractivity contribution in [3.8, 4) is 23.7 Å². The second kappa shape index (κ2) is 26.4. The third-order valence-electron chi connectivity index (χ3n) is 14.4. The molecule has 9 rings (SSSR count). The molecule has 0 amide bonds. The van der Waals surface area contributed by atoms with E-state index in [1.807, 2.05) is 0 Å². The summed E-state index contributed by atoms with van der Waals surface area (Å²) in [4.78, 5) is 21.0. The van der Waals surface area contributed by atoms with Crippen LogP contribution in [0.2, 0.25) is 0 Å². The van der Waals surface area contributed by atoms with Gasteiger partial charge in [-0.25, -0.2) is 9.97 Å². The fourth-order valence-corrected chi connectivity index (χ4v) is 10.2. The Morgan fingerprint density at radius 3 is 1.20 bits per heavy atom. The smallest absolute Gasteiger partial charge is 0.0816 e. The van der Waals surface area contributed by atoms with Crippen LogP contribution in [0.3, 0.4) is 0 Å². The summed E-state index contributed by atoms with van der Waals surface area (Å²) in [6.07, 6.45) is 30.7. The number of anilines is 3. The van der Waals surface area contributed by atoms with E-state index in [0.717, 1.165) is 110 Å². The van der Waals surface area contributed by atoms with Crippen LogP contribution in [0.15, 0.2) is 133 Å². The number of rotatable bonds is 21. The Morgan fingerprint density at radius 2 is 0.743 bits per heavy atom. The SMILES string of the molecule is CCCCCCCCCCc1c2nc(c(C#Cc3ccc(C)cc3)c3nc(c(CCCCCCCCCC)c4ccc([nH]4)c(C#Cc4ccc(N(c5ccccc5)c5ccccc5)cc4)c4ccc1[nH]4)C=C3)C=C2. The Labute approximate surface area is 441 Å². The summed E-state index contributed by atoms with van der Waals surface area (Å²) in [5, 5.41) is 0. The number of aryl methyl sites for hydroxylation is 3. The van der Waals surface area contributed by atoms with Crippen LogP contribution in [-0.4, -0.2) is 19.9 Å². The van der Waals surface area contributed by atoms with Gasteiger partial charge in [-0.15, -0.1) is 0 Å². The molecule has 0 radical (unpaired) electrons. The van der Waals surface area contributed by atoms with Gasteiger partial charge in [0.25, 0.3) is 0 Å². The average Bonchev–Trinajstić information content (AvgIpc) is 4.30. The van der Waals surface area contributed by atoms with Crippen molar-refractivity contribution in [2.24, 2.45) is 0 Å². The molecule has 0 saturated heterocycles. The zero-order chi connectivity index (χ0) is 50.7. The van der Waals surface area contributed by atoms with Gasteiger partial charge < -0.3 is 14.9 Å². The standard InChI is InChI=1S/C69H73N5/c1-4-6-8-10-12-14-16-24-30-58-62-44-48-66(70-62)60(42-38-53-34-32-52(3)33-35-53)67-49-45-63(71-67)59(31-25-17-15-13-11-9-7-5-2)65-47-51-69(73-65)61(68-50-46-64(58)72-68)43-39-54-36-40-57(41-37-54)74(55-26-20-18-21-27-55)56-28-22-19-23-29-56/h18-23,26-29,32-37,40-41,44-51,72-73H,4-17,24-25,30-31H2,1-3H3. The highest BCUT2D eigenvalue weighted by Crippen LogP contribution is 2.35. The molecule has 7 aromatic rings. The molecule has 8 bridgehead atoms. The van der Waals surface area contributed by atoms with Crippen LogP contribution in [0.5, 0.6) is 0 Å². The predicted molar refractivity (Wildman–Crippen MR) is 316 cm³/mol. The van der Waals surface area contributed by atoms with Crippen molar-refractivity contribution >= 4 is 63.4 Å². The third-order valence-corrected chi connectivity index (χ3v) is 14.4. The Bertz CT molecular complexity index is 3150. The van der Waals surface area contributed by atoms with E-state index in [2.05, 4.69) is 217 Å². The lowest BCUT2D eigenvalue weighted by Crippen LogP contribution is -2.09. The quantitative estimate of drug-likeness (QED) is 0.0557. The summed E-state index contributed by atoms with van der Waals surface area (Å²) < 4.78 is 0. The molecule has 5 heteroatoms. The number of hydrogen-bond donors (Lipinski definition) is 2. The van der Waals surface area contributed by atoms with Crippen molar-refractivity contribution in [1.82, 2.24) is 19.9 Å². The lowest BCUT2D eigenvalue weighted by molar-refractivity contribution is 0.575. The summed E-state index contributed by atoms with van der Waals surface area (Å²) in [7, 11) is 0.